The van der Waals surface area contributed by atoms with E-state index in [0.29, 0.717) is 36.5 Å². The molecule has 210 valence electrons. The van der Waals surface area contributed by atoms with Gasteiger partial charge in [-0.2, -0.15) is 0 Å². The number of hydrogen-bond donors (Lipinski definition) is 3. The van der Waals surface area contributed by atoms with Gasteiger partial charge in [0.2, 0.25) is 0 Å². The number of hydrogen-bond acceptors (Lipinski definition) is 3. The monoisotopic (exact) mass is 561 g/mol. The fourth-order valence-electron chi connectivity index (χ4n) is 4.97. The number of benzene rings is 4. The van der Waals surface area contributed by atoms with Crippen molar-refractivity contribution in [3.8, 4) is 11.1 Å². The van der Waals surface area contributed by atoms with Crippen LogP contribution in [0.15, 0.2) is 83.9 Å². The number of aliphatic hydroxyl groups excluding tert-OH is 1. The second kappa shape index (κ2) is 11.9. The SMILES string of the molecule is CC(=NCCc1ccc(F)cc1)Nc1ccc2c(c1)[C@@H](NC(=O)c1ccc(-c3c(F)cccc3F)cc1F)[C@H](O)C2. The van der Waals surface area contributed by atoms with Gasteiger partial charge in [0.1, 0.15) is 23.3 Å². The zero-order chi connectivity index (χ0) is 29.1. The zero-order valence-electron chi connectivity index (χ0n) is 22.1. The van der Waals surface area contributed by atoms with Gasteiger partial charge in [-0.1, -0.05) is 30.3 Å². The minimum absolute atomic E-state index is 0.0358. The van der Waals surface area contributed by atoms with E-state index >= 15 is 0 Å². The zero-order valence-corrected chi connectivity index (χ0v) is 22.1. The molecule has 5 nitrogen and oxygen atoms in total. The van der Waals surface area contributed by atoms with E-state index in [1.165, 1.54) is 24.3 Å². The predicted molar refractivity (Wildman–Crippen MR) is 150 cm³/mol. The van der Waals surface area contributed by atoms with Gasteiger partial charge in [-0.05, 0) is 84.1 Å². The molecule has 1 amide bonds. The van der Waals surface area contributed by atoms with Crippen LogP contribution in [0.2, 0.25) is 0 Å². The van der Waals surface area contributed by atoms with Gasteiger partial charge < -0.3 is 15.7 Å². The minimum atomic E-state index is -0.946. The molecule has 0 aliphatic heterocycles. The number of anilines is 1. The number of rotatable bonds is 7. The van der Waals surface area contributed by atoms with Crippen LogP contribution in [0.25, 0.3) is 11.1 Å². The fourth-order valence-corrected chi connectivity index (χ4v) is 4.97. The minimum Gasteiger partial charge on any atom is -0.390 e. The number of carbonyl (C=O) groups is 1. The Bertz CT molecular complexity index is 1600. The lowest BCUT2D eigenvalue weighted by Gasteiger charge is -2.19. The summed E-state index contributed by atoms with van der Waals surface area (Å²) in [5.41, 5.74) is 2.45. The highest BCUT2D eigenvalue weighted by Crippen LogP contribution is 2.34. The summed E-state index contributed by atoms with van der Waals surface area (Å²) in [4.78, 5) is 17.5. The number of aliphatic hydroxyl groups is 1. The van der Waals surface area contributed by atoms with Gasteiger partial charge in [0.05, 0.1) is 29.1 Å². The number of fused-ring (bicyclic) bond motifs is 1. The standard InChI is InChI=1S/C32H27F4N3O2/c1-18(37-14-13-19-5-9-22(33)10-6-19)38-23-11-7-20-16-29(40)31(25(20)17-23)39-32(41)24-12-8-21(15-28(24)36)30-26(34)3-2-4-27(30)35/h2-12,15,17,29,31,40H,13-14,16H2,1H3,(H,37,38)(H,39,41)/t29-,31-/m1/s1. The fraction of sp³-hybridized carbons (Fsp3) is 0.188. The van der Waals surface area contributed by atoms with Crippen molar-refractivity contribution in [2.24, 2.45) is 4.99 Å². The van der Waals surface area contributed by atoms with Crippen LogP contribution in [-0.2, 0) is 12.8 Å². The Balaban J connectivity index is 1.27. The van der Waals surface area contributed by atoms with E-state index in [0.717, 1.165) is 35.4 Å². The molecule has 0 aromatic heterocycles. The summed E-state index contributed by atoms with van der Waals surface area (Å²) in [6, 6.07) is 17.7. The van der Waals surface area contributed by atoms with Crippen LogP contribution in [0.5, 0.6) is 0 Å². The highest BCUT2D eigenvalue weighted by molar-refractivity contribution is 5.96. The van der Waals surface area contributed by atoms with Gasteiger partial charge >= 0.3 is 0 Å². The highest BCUT2D eigenvalue weighted by Gasteiger charge is 2.33. The van der Waals surface area contributed by atoms with Crippen LogP contribution < -0.4 is 10.6 Å². The lowest BCUT2D eigenvalue weighted by atomic mass is 10.0. The van der Waals surface area contributed by atoms with Crippen molar-refractivity contribution >= 4 is 17.4 Å². The third-order valence-corrected chi connectivity index (χ3v) is 7.03. The molecular weight excluding hydrogens is 534 g/mol. The van der Waals surface area contributed by atoms with Crippen molar-refractivity contribution in [1.82, 2.24) is 5.32 Å². The molecule has 0 radical (unpaired) electrons. The number of amides is 1. The van der Waals surface area contributed by atoms with Gasteiger partial charge in [0, 0.05) is 18.7 Å². The number of aliphatic imine (C=N–C) groups is 1. The molecule has 0 heterocycles. The Morgan fingerprint density at radius 2 is 1.66 bits per heavy atom. The molecular formula is C32H27F4N3O2. The number of nitrogens with zero attached hydrogens (tertiary/aromatic N) is 1. The van der Waals surface area contributed by atoms with E-state index in [1.807, 2.05) is 19.1 Å². The van der Waals surface area contributed by atoms with Crippen molar-refractivity contribution in [3.05, 3.63) is 124 Å². The van der Waals surface area contributed by atoms with Crippen LogP contribution in [0.1, 0.15) is 40.0 Å². The normalized spacial score (nSPS) is 16.4. The Hall–Kier alpha value is -4.50. The second-order valence-electron chi connectivity index (χ2n) is 9.90. The van der Waals surface area contributed by atoms with E-state index in [1.54, 1.807) is 18.2 Å². The van der Waals surface area contributed by atoms with Gasteiger partial charge in [-0.3, -0.25) is 9.79 Å². The number of nitrogens with one attached hydrogen (secondary N) is 2. The predicted octanol–water partition coefficient (Wildman–Crippen LogP) is 6.37. The smallest absolute Gasteiger partial charge is 0.254 e. The molecule has 41 heavy (non-hydrogen) atoms. The van der Waals surface area contributed by atoms with E-state index < -0.39 is 35.5 Å². The topological polar surface area (TPSA) is 73.7 Å². The average Bonchev–Trinajstić information content (AvgIpc) is 3.23. The first-order valence-electron chi connectivity index (χ1n) is 13.1. The molecule has 5 rings (SSSR count). The first kappa shape index (κ1) is 28.0. The van der Waals surface area contributed by atoms with E-state index in [4.69, 9.17) is 0 Å². The lowest BCUT2D eigenvalue weighted by molar-refractivity contribution is 0.0854. The Morgan fingerprint density at radius 1 is 0.927 bits per heavy atom. The molecule has 0 saturated heterocycles. The largest absolute Gasteiger partial charge is 0.390 e. The first-order valence-corrected chi connectivity index (χ1v) is 13.1. The molecule has 0 saturated carbocycles. The summed E-state index contributed by atoms with van der Waals surface area (Å²) in [7, 11) is 0. The van der Waals surface area contributed by atoms with Crippen LogP contribution >= 0.6 is 0 Å². The molecule has 4 aromatic rings. The summed E-state index contributed by atoms with van der Waals surface area (Å²) in [5.74, 6) is -3.03. The maximum atomic E-state index is 14.9. The molecule has 9 heteroatoms. The summed E-state index contributed by atoms with van der Waals surface area (Å²) < 4.78 is 56.3. The third kappa shape index (κ3) is 6.30. The molecule has 1 aliphatic carbocycles. The van der Waals surface area contributed by atoms with E-state index in [2.05, 4.69) is 15.6 Å². The first-order chi connectivity index (χ1) is 19.7. The maximum absolute atomic E-state index is 14.9. The average molecular weight is 562 g/mol. The van der Waals surface area contributed by atoms with Crippen molar-refractivity contribution < 1.29 is 27.5 Å². The summed E-state index contributed by atoms with van der Waals surface area (Å²) in [5, 5.41) is 16.6. The van der Waals surface area contributed by atoms with E-state index in [9.17, 15) is 27.5 Å². The molecule has 2 atom stereocenters. The van der Waals surface area contributed by atoms with Crippen molar-refractivity contribution in [2.75, 3.05) is 11.9 Å². The maximum Gasteiger partial charge on any atom is 0.254 e. The van der Waals surface area contributed by atoms with Crippen molar-refractivity contribution in [3.63, 3.8) is 0 Å². The molecule has 3 N–H and O–H groups in total. The summed E-state index contributed by atoms with van der Waals surface area (Å²) in [6.07, 6.45) is 0.0278. The Kier molecular flexibility index (Phi) is 8.16. The second-order valence-corrected chi connectivity index (χ2v) is 9.90. The molecule has 1 aliphatic rings. The number of halogens is 4. The highest BCUT2D eigenvalue weighted by atomic mass is 19.1. The summed E-state index contributed by atoms with van der Waals surface area (Å²) >= 11 is 0. The van der Waals surface area contributed by atoms with Gasteiger partial charge in [-0.15, -0.1) is 0 Å². The van der Waals surface area contributed by atoms with Crippen LogP contribution in [0.4, 0.5) is 23.2 Å². The third-order valence-electron chi connectivity index (χ3n) is 7.03. The Labute approximate surface area is 234 Å². The quantitative estimate of drug-likeness (QED) is 0.140. The lowest BCUT2D eigenvalue weighted by Crippen LogP contribution is -2.34. The van der Waals surface area contributed by atoms with Gasteiger partial charge in [0.15, 0.2) is 0 Å². The van der Waals surface area contributed by atoms with E-state index in [-0.39, 0.29) is 22.5 Å². The van der Waals surface area contributed by atoms with Crippen LogP contribution in [0, 0.1) is 23.3 Å². The molecule has 0 fully saturated rings. The number of amidine groups is 1. The van der Waals surface area contributed by atoms with Crippen molar-refractivity contribution in [2.45, 2.75) is 31.9 Å². The number of carbonyl (C=O) groups excluding carboxylic acids is 1. The van der Waals surface area contributed by atoms with Crippen LogP contribution in [-0.4, -0.2) is 29.5 Å². The van der Waals surface area contributed by atoms with Crippen molar-refractivity contribution in [1.29, 1.82) is 0 Å². The van der Waals surface area contributed by atoms with Gasteiger partial charge in [0.25, 0.3) is 5.91 Å². The summed E-state index contributed by atoms with van der Waals surface area (Å²) in [6.45, 7) is 2.31. The Morgan fingerprint density at radius 3 is 2.37 bits per heavy atom. The molecule has 4 aromatic carbocycles. The van der Waals surface area contributed by atoms with Crippen LogP contribution in [0.3, 0.4) is 0 Å². The molecule has 0 spiro atoms. The molecule has 0 bridgehead atoms. The van der Waals surface area contributed by atoms with Gasteiger partial charge in [-0.25, -0.2) is 17.6 Å². The molecule has 0 unspecified atom stereocenters.